The molecule has 1 aliphatic heterocycles. The number of aromatic nitrogens is 2. The highest BCUT2D eigenvalue weighted by molar-refractivity contribution is 6.27. The van der Waals surface area contributed by atoms with E-state index in [0.29, 0.717) is 0 Å². The topological polar surface area (TPSA) is 125 Å². The number of aliphatic carboxylic acids is 2. The zero-order valence-corrected chi connectivity index (χ0v) is 12.0. The van der Waals surface area contributed by atoms with Gasteiger partial charge in [-0.1, -0.05) is 0 Å². The maximum absolute atomic E-state index is 9.10. The number of carboxylic acids is 2. The first-order chi connectivity index (χ1) is 11.1. The van der Waals surface area contributed by atoms with Crippen LogP contribution >= 0.6 is 0 Å². The van der Waals surface area contributed by atoms with Crippen molar-refractivity contribution in [3.63, 3.8) is 0 Å². The lowest BCUT2D eigenvalue weighted by Gasteiger charge is -2.03. The monoisotopic (exact) mass is 314 g/mol. The predicted octanol–water partition coefficient (Wildman–Crippen LogP) is 0.649. The number of carbonyl (C=O) groups is 2. The van der Waals surface area contributed by atoms with Crippen molar-refractivity contribution >= 4 is 17.8 Å². The number of rotatable bonds is 2. The minimum atomic E-state index is -1.82. The Bertz CT molecular complexity index is 702. The summed E-state index contributed by atoms with van der Waals surface area (Å²) in [6.07, 6.45) is 5.42. The standard InChI is InChI=1S/C13H12N4.C2H2O4/c1-2-10(8-14-5-1)12-4-3-11(9-17-12)13-15-6-7-16-13;3-1(4)2(5)6/h1-5,8-9H,6-7H2,(H,15,16);(H,3,4)(H,5,6). The Labute approximate surface area is 131 Å². The quantitative estimate of drug-likeness (QED) is 0.695. The summed E-state index contributed by atoms with van der Waals surface area (Å²) in [5.41, 5.74) is 3.00. The second kappa shape index (κ2) is 7.64. The third-order valence-corrected chi connectivity index (χ3v) is 2.85. The van der Waals surface area contributed by atoms with Gasteiger partial charge in [0.1, 0.15) is 5.84 Å². The summed E-state index contributed by atoms with van der Waals surface area (Å²) in [4.78, 5) is 31.1. The zero-order chi connectivity index (χ0) is 16.7. The van der Waals surface area contributed by atoms with Gasteiger partial charge < -0.3 is 15.5 Å². The predicted molar refractivity (Wildman–Crippen MR) is 82.1 cm³/mol. The first-order valence-corrected chi connectivity index (χ1v) is 6.69. The summed E-state index contributed by atoms with van der Waals surface area (Å²) < 4.78 is 0. The van der Waals surface area contributed by atoms with Gasteiger partial charge in [-0.15, -0.1) is 0 Å². The Morgan fingerprint density at radius 2 is 1.83 bits per heavy atom. The van der Waals surface area contributed by atoms with Crippen LogP contribution in [-0.2, 0) is 9.59 Å². The number of pyridine rings is 2. The van der Waals surface area contributed by atoms with Gasteiger partial charge in [0.05, 0.1) is 12.2 Å². The molecule has 3 rings (SSSR count). The highest BCUT2D eigenvalue weighted by atomic mass is 16.4. The molecule has 0 bridgehead atoms. The van der Waals surface area contributed by atoms with Gasteiger partial charge in [0.2, 0.25) is 0 Å². The van der Waals surface area contributed by atoms with Crippen LogP contribution in [0.25, 0.3) is 11.3 Å². The maximum Gasteiger partial charge on any atom is 0.414 e. The Morgan fingerprint density at radius 3 is 2.30 bits per heavy atom. The van der Waals surface area contributed by atoms with Gasteiger partial charge in [0, 0.05) is 36.3 Å². The number of hydrogen-bond acceptors (Lipinski definition) is 6. The molecule has 3 N–H and O–H groups in total. The first kappa shape index (κ1) is 16.1. The molecule has 0 fully saturated rings. The summed E-state index contributed by atoms with van der Waals surface area (Å²) in [6, 6.07) is 7.94. The Kier molecular flexibility index (Phi) is 5.35. The fraction of sp³-hybridized carbons (Fsp3) is 0.133. The van der Waals surface area contributed by atoms with Crippen molar-refractivity contribution in [2.45, 2.75) is 0 Å². The lowest BCUT2D eigenvalue weighted by Crippen LogP contribution is -2.19. The van der Waals surface area contributed by atoms with Crippen LogP contribution in [0.4, 0.5) is 0 Å². The summed E-state index contributed by atoms with van der Waals surface area (Å²) in [5, 5.41) is 18.0. The minimum Gasteiger partial charge on any atom is -0.473 e. The largest absolute Gasteiger partial charge is 0.473 e. The molecule has 0 aromatic carbocycles. The van der Waals surface area contributed by atoms with E-state index in [0.717, 1.165) is 35.7 Å². The summed E-state index contributed by atoms with van der Waals surface area (Å²) >= 11 is 0. The SMILES string of the molecule is O=C(O)C(=O)O.c1cncc(-c2ccc(C3=NCCN3)cn2)c1. The summed E-state index contributed by atoms with van der Waals surface area (Å²) in [6.45, 7) is 1.76. The molecule has 0 spiro atoms. The number of nitrogens with zero attached hydrogens (tertiary/aromatic N) is 3. The lowest BCUT2D eigenvalue weighted by atomic mass is 10.1. The van der Waals surface area contributed by atoms with Crippen molar-refractivity contribution in [3.8, 4) is 11.3 Å². The second-order valence-electron chi connectivity index (χ2n) is 4.44. The molecule has 23 heavy (non-hydrogen) atoms. The van der Waals surface area contributed by atoms with E-state index in [2.05, 4.69) is 20.3 Å². The van der Waals surface area contributed by atoms with Crippen LogP contribution in [0.3, 0.4) is 0 Å². The highest BCUT2D eigenvalue weighted by Crippen LogP contribution is 2.15. The maximum atomic E-state index is 9.10. The zero-order valence-electron chi connectivity index (χ0n) is 12.0. The van der Waals surface area contributed by atoms with Crippen LogP contribution in [0.5, 0.6) is 0 Å². The third kappa shape index (κ3) is 4.60. The normalized spacial score (nSPS) is 12.4. The van der Waals surface area contributed by atoms with E-state index in [1.807, 2.05) is 36.7 Å². The summed E-state index contributed by atoms with van der Waals surface area (Å²) in [5.74, 6) is -2.71. The molecular formula is C15H14N4O4. The van der Waals surface area contributed by atoms with Gasteiger partial charge in [-0.25, -0.2) is 9.59 Å². The van der Waals surface area contributed by atoms with Gasteiger partial charge in [-0.3, -0.25) is 15.0 Å². The molecule has 0 atom stereocenters. The van der Waals surface area contributed by atoms with Crippen molar-refractivity contribution in [1.82, 2.24) is 15.3 Å². The van der Waals surface area contributed by atoms with Crippen LogP contribution in [0.15, 0.2) is 47.8 Å². The average Bonchev–Trinajstić information content (AvgIpc) is 3.11. The van der Waals surface area contributed by atoms with Gasteiger partial charge in [-0.2, -0.15) is 0 Å². The van der Waals surface area contributed by atoms with E-state index in [1.54, 1.807) is 6.20 Å². The Balaban J connectivity index is 0.000000277. The number of amidine groups is 1. The van der Waals surface area contributed by atoms with E-state index >= 15 is 0 Å². The van der Waals surface area contributed by atoms with Crippen molar-refractivity contribution < 1.29 is 19.8 Å². The van der Waals surface area contributed by atoms with Gasteiger partial charge in [0.25, 0.3) is 0 Å². The molecule has 3 heterocycles. The minimum absolute atomic E-state index is 0.847. The van der Waals surface area contributed by atoms with Crippen molar-refractivity contribution in [2.24, 2.45) is 4.99 Å². The number of hydrogen-bond donors (Lipinski definition) is 3. The van der Waals surface area contributed by atoms with E-state index in [-0.39, 0.29) is 0 Å². The van der Waals surface area contributed by atoms with Crippen molar-refractivity contribution in [2.75, 3.05) is 13.1 Å². The van der Waals surface area contributed by atoms with Gasteiger partial charge in [-0.05, 0) is 24.3 Å². The van der Waals surface area contributed by atoms with E-state index in [9.17, 15) is 0 Å². The Morgan fingerprint density at radius 1 is 1.04 bits per heavy atom. The van der Waals surface area contributed by atoms with Gasteiger partial charge in [0.15, 0.2) is 0 Å². The number of nitrogens with one attached hydrogen (secondary N) is 1. The van der Waals surface area contributed by atoms with Crippen LogP contribution in [-0.4, -0.2) is 51.0 Å². The molecule has 0 amide bonds. The smallest absolute Gasteiger partial charge is 0.414 e. The Hall–Kier alpha value is -3.29. The second-order valence-corrected chi connectivity index (χ2v) is 4.44. The van der Waals surface area contributed by atoms with Crippen LogP contribution in [0.1, 0.15) is 5.56 Å². The third-order valence-electron chi connectivity index (χ3n) is 2.85. The molecule has 0 saturated carbocycles. The molecule has 1 aliphatic rings. The number of aliphatic imine (C=N–C) groups is 1. The molecule has 0 saturated heterocycles. The lowest BCUT2D eigenvalue weighted by molar-refractivity contribution is -0.159. The first-order valence-electron chi connectivity index (χ1n) is 6.69. The highest BCUT2D eigenvalue weighted by Gasteiger charge is 2.08. The van der Waals surface area contributed by atoms with E-state index in [4.69, 9.17) is 19.8 Å². The molecule has 0 radical (unpaired) electrons. The fourth-order valence-electron chi connectivity index (χ4n) is 1.81. The fourth-order valence-corrected chi connectivity index (χ4v) is 1.81. The molecule has 8 heteroatoms. The molecular weight excluding hydrogens is 300 g/mol. The molecule has 2 aromatic rings. The van der Waals surface area contributed by atoms with E-state index < -0.39 is 11.9 Å². The number of carboxylic acid groups (broad SMARTS) is 2. The van der Waals surface area contributed by atoms with Crippen molar-refractivity contribution in [3.05, 3.63) is 48.4 Å². The average molecular weight is 314 g/mol. The molecule has 2 aromatic heterocycles. The van der Waals surface area contributed by atoms with Crippen LogP contribution in [0, 0.1) is 0 Å². The molecule has 8 nitrogen and oxygen atoms in total. The van der Waals surface area contributed by atoms with Gasteiger partial charge >= 0.3 is 11.9 Å². The van der Waals surface area contributed by atoms with Crippen molar-refractivity contribution in [1.29, 1.82) is 0 Å². The van der Waals surface area contributed by atoms with Crippen LogP contribution < -0.4 is 5.32 Å². The van der Waals surface area contributed by atoms with E-state index in [1.165, 1.54) is 0 Å². The molecule has 0 aliphatic carbocycles. The van der Waals surface area contributed by atoms with Crippen LogP contribution in [0.2, 0.25) is 0 Å². The molecule has 0 unspecified atom stereocenters. The molecule has 118 valence electrons. The summed E-state index contributed by atoms with van der Waals surface area (Å²) in [7, 11) is 0.